The van der Waals surface area contributed by atoms with E-state index in [4.69, 9.17) is 14.2 Å². The maximum atomic E-state index is 11.7. The van der Waals surface area contributed by atoms with Crippen molar-refractivity contribution in [2.75, 3.05) is 14.2 Å². The molecule has 0 bridgehead atoms. The predicted octanol–water partition coefficient (Wildman–Crippen LogP) is 3.50. The van der Waals surface area contributed by atoms with Crippen LogP contribution >= 0.6 is 0 Å². The molecule has 0 aliphatic carbocycles. The highest BCUT2D eigenvalue weighted by Crippen LogP contribution is 2.18. The molecule has 0 amide bonds. The SMILES string of the molecule is COc1ccc(/C=C/C(=O)OC(=O)/C=C/c2ccccc2OC)cc1. The standard InChI is InChI=1S/C20H18O5/c1-23-17-11-7-15(8-12-17)9-13-19(21)25-20(22)14-10-16-5-3-4-6-18(16)24-2/h3-14H,1-2H3/b13-9+,14-10+. The number of ether oxygens (including phenoxy) is 3. The number of esters is 2. The van der Waals surface area contributed by atoms with Crippen LogP contribution in [0.5, 0.6) is 11.5 Å². The van der Waals surface area contributed by atoms with Crippen LogP contribution < -0.4 is 9.47 Å². The summed E-state index contributed by atoms with van der Waals surface area (Å²) in [5, 5.41) is 0. The minimum absolute atomic E-state index is 0.622. The number of methoxy groups -OCH3 is 2. The zero-order chi connectivity index (χ0) is 18.1. The van der Waals surface area contributed by atoms with E-state index in [9.17, 15) is 9.59 Å². The normalized spacial score (nSPS) is 10.8. The summed E-state index contributed by atoms with van der Waals surface area (Å²) >= 11 is 0. The third-order valence-electron chi connectivity index (χ3n) is 3.27. The quantitative estimate of drug-likeness (QED) is 0.458. The number of hydrogen-bond donors (Lipinski definition) is 0. The summed E-state index contributed by atoms with van der Waals surface area (Å²) in [5.74, 6) is -0.158. The molecule has 2 rings (SSSR count). The van der Waals surface area contributed by atoms with E-state index < -0.39 is 11.9 Å². The second-order valence-corrected chi connectivity index (χ2v) is 4.92. The first-order valence-electron chi connectivity index (χ1n) is 7.51. The van der Waals surface area contributed by atoms with Crippen LogP contribution in [0.25, 0.3) is 12.2 Å². The van der Waals surface area contributed by atoms with Crippen molar-refractivity contribution < 1.29 is 23.8 Å². The topological polar surface area (TPSA) is 61.8 Å². The minimum Gasteiger partial charge on any atom is -0.497 e. The van der Waals surface area contributed by atoms with Gasteiger partial charge in [-0.15, -0.1) is 0 Å². The van der Waals surface area contributed by atoms with Crippen LogP contribution in [-0.2, 0) is 14.3 Å². The molecule has 0 saturated heterocycles. The molecule has 0 radical (unpaired) electrons. The molecule has 0 fully saturated rings. The van der Waals surface area contributed by atoms with Crippen molar-refractivity contribution in [3.8, 4) is 11.5 Å². The minimum atomic E-state index is -0.754. The fraction of sp³-hybridized carbons (Fsp3) is 0.100. The molecule has 0 aliphatic heterocycles. The van der Waals surface area contributed by atoms with Gasteiger partial charge in [0.15, 0.2) is 0 Å². The van der Waals surface area contributed by atoms with Crippen molar-refractivity contribution in [3.05, 3.63) is 71.8 Å². The van der Waals surface area contributed by atoms with E-state index >= 15 is 0 Å². The third kappa shape index (κ3) is 5.66. The van der Waals surface area contributed by atoms with Gasteiger partial charge in [-0.1, -0.05) is 30.3 Å². The van der Waals surface area contributed by atoms with Crippen molar-refractivity contribution >= 4 is 24.1 Å². The molecule has 0 atom stereocenters. The monoisotopic (exact) mass is 338 g/mol. The maximum absolute atomic E-state index is 11.7. The Morgan fingerprint density at radius 1 is 0.800 bits per heavy atom. The van der Waals surface area contributed by atoms with Gasteiger partial charge in [0.1, 0.15) is 11.5 Å². The van der Waals surface area contributed by atoms with Crippen molar-refractivity contribution in [2.24, 2.45) is 0 Å². The largest absolute Gasteiger partial charge is 0.497 e. The van der Waals surface area contributed by atoms with Gasteiger partial charge in [0, 0.05) is 17.7 Å². The highest BCUT2D eigenvalue weighted by Gasteiger charge is 2.05. The van der Waals surface area contributed by atoms with E-state index in [0.29, 0.717) is 11.3 Å². The Hall–Kier alpha value is -3.34. The van der Waals surface area contributed by atoms with E-state index in [0.717, 1.165) is 11.3 Å². The van der Waals surface area contributed by atoms with E-state index in [1.807, 2.05) is 12.1 Å². The third-order valence-corrected chi connectivity index (χ3v) is 3.27. The number of carbonyl (C=O) groups is 2. The molecule has 128 valence electrons. The zero-order valence-corrected chi connectivity index (χ0v) is 14.0. The number of rotatable bonds is 6. The molecule has 0 unspecified atom stereocenters. The molecule has 5 heteroatoms. The van der Waals surface area contributed by atoms with Crippen LogP contribution in [0.2, 0.25) is 0 Å². The Balaban J connectivity index is 1.92. The summed E-state index contributed by atoms with van der Waals surface area (Å²) < 4.78 is 14.9. The maximum Gasteiger partial charge on any atom is 0.338 e. The number of carbonyl (C=O) groups excluding carboxylic acids is 2. The second-order valence-electron chi connectivity index (χ2n) is 4.92. The Bertz CT molecular complexity index is 788. The van der Waals surface area contributed by atoms with E-state index in [1.54, 1.807) is 56.7 Å². The predicted molar refractivity (Wildman–Crippen MR) is 95.2 cm³/mol. The Kier molecular flexibility index (Phi) is 6.54. The van der Waals surface area contributed by atoms with Gasteiger partial charge in [-0.3, -0.25) is 0 Å². The lowest BCUT2D eigenvalue weighted by Gasteiger charge is -2.03. The molecule has 2 aromatic rings. The van der Waals surface area contributed by atoms with Crippen molar-refractivity contribution in [2.45, 2.75) is 0 Å². The first-order chi connectivity index (χ1) is 12.1. The molecule has 5 nitrogen and oxygen atoms in total. The molecular formula is C20H18O5. The number of para-hydroxylation sites is 1. The molecule has 0 N–H and O–H groups in total. The van der Waals surface area contributed by atoms with Crippen molar-refractivity contribution in [1.82, 2.24) is 0 Å². The van der Waals surface area contributed by atoms with E-state index in [2.05, 4.69) is 0 Å². The van der Waals surface area contributed by atoms with Crippen LogP contribution in [0.3, 0.4) is 0 Å². The van der Waals surface area contributed by atoms with Gasteiger partial charge in [0.2, 0.25) is 0 Å². The Morgan fingerprint density at radius 2 is 1.44 bits per heavy atom. The number of hydrogen-bond acceptors (Lipinski definition) is 5. The van der Waals surface area contributed by atoms with Crippen LogP contribution in [0.1, 0.15) is 11.1 Å². The highest BCUT2D eigenvalue weighted by atomic mass is 16.6. The van der Waals surface area contributed by atoms with E-state index in [1.165, 1.54) is 18.2 Å². The summed E-state index contributed by atoms with van der Waals surface area (Å²) in [7, 11) is 3.12. The fourth-order valence-corrected chi connectivity index (χ4v) is 2.01. The number of benzene rings is 2. The van der Waals surface area contributed by atoms with Gasteiger partial charge in [0.25, 0.3) is 0 Å². The molecule has 0 saturated carbocycles. The molecule has 25 heavy (non-hydrogen) atoms. The summed E-state index contributed by atoms with van der Waals surface area (Å²) in [6.07, 6.45) is 5.45. The van der Waals surface area contributed by atoms with Crippen LogP contribution in [0.15, 0.2) is 60.7 Å². The molecular weight excluding hydrogens is 320 g/mol. The van der Waals surface area contributed by atoms with Gasteiger partial charge in [-0.05, 0) is 35.9 Å². The van der Waals surface area contributed by atoms with Gasteiger partial charge in [-0.2, -0.15) is 0 Å². The van der Waals surface area contributed by atoms with Gasteiger partial charge in [-0.25, -0.2) is 9.59 Å². The summed E-state index contributed by atoms with van der Waals surface area (Å²) in [4.78, 5) is 23.4. The van der Waals surface area contributed by atoms with Gasteiger partial charge in [0.05, 0.1) is 14.2 Å². The molecule has 0 aromatic heterocycles. The molecule has 0 spiro atoms. The highest BCUT2D eigenvalue weighted by molar-refractivity contribution is 6.00. The zero-order valence-electron chi connectivity index (χ0n) is 14.0. The summed E-state index contributed by atoms with van der Waals surface area (Å²) in [6.45, 7) is 0. The lowest BCUT2D eigenvalue weighted by molar-refractivity contribution is -0.152. The summed E-state index contributed by atoms with van der Waals surface area (Å²) in [6, 6.07) is 14.3. The van der Waals surface area contributed by atoms with Gasteiger partial charge < -0.3 is 14.2 Å². The lowest BCUT2D eigenvalue weighted by Crippen LogP contribution is -2.06. The van der Waals surface area contributed by atoms with Crippen molar-refractivity contribution in [3.63, 3.8) is 0 Å². The Labute approximate surface area is 146 Å². The smallest absolute Gasteiger partial charge is 0.338 e. The first-order valence-corrected chi connectivity index (χ1v) is 7.51. The fourth-order valence-electron chi connectivity index (χ4n) is 2.01. The molecule has 2 aromatic carbocycles. The van der Waals surface area contributed by atoms with Gasteiger partial charge >= 0.3 is 11.9 Å². The average molecular weight is 338 g/mol. The molecule has 0 heterocycles. The van der Waals surface area contributed by atoms with Crippen LogP contribution in [0.4, 0.5) is 0 Å². The first kappa shape index (κ1) is 18.0. The summed E-state index contributed by atoms with van der Waals surface area (Å²) in [5.41, 5.74) is 1.50. The molecule has 0 aliphatic rings. The van der Waals surface area contributed by atoms with E-state index in [-0.39, 0.29) is 0 Å². The average Bonchev–Trinajstić information content (AvgIpc) is 2.65. The lowest BCUT2D eigenvalue weighted by atomic mass is 10.2. The van der Waals surface area contributed by atoms with Crippen LogP contribution in [0, 0.1) is 0 Å². The van der Waals surface area contributed by atoms with Crippen molar-refractivity contribution in [1.29, 1.82) is 0 Å². The second kappa shape index (κ2) is 9.08. The Morgan fingerprint density at radius 3 is 2.08 bits per heavy atom. The van der Waals surface area contributed by atoms with Crippen LogP contribution in [-0.4, -0.2) is 26.2 Å².